The Morgan fingerprint density at radius 1 is 1.25 bits per heavy atom. The van der Waals surface area contributed by atoms with Crippen molar-refractivity contribution in [3.05, 3.63) is 29.1 Å². The van der Waals surface area contributed by atoms with Gasteiger partial charge in [0.25, 0.3) is 0 Å². The van der Waals surface area contributed by atoms with Crippen LogP contribution in [0.1, 0.15) is 36.8 Å². The first kappa shape index (κ1) is 13.7. The summed E-state index contributed by atoms with van der Waals surface area (Å²) in [6.07, 6.45) is 1.46. The number of alkyl halides is 2. The number of halogens is 3. The number of ether oxygens (including phenoxy) is 1. The van der Waals surface area contributed by atoms with Crippen LogP contribution in [0.3, 0.4) is 0 Å². The summed E-state index contributed by atoms with van der Waals surface area (Å²) >= 11 is 0. The Hall–Kier alpha value is -1.23. The zero-order valence-corrected chi connectivity index (χ0v) is 11.2. The molecule has 0 aromatic heterocycles. The van der Waals surface area contributed by atoms with Crippen LogP contribution in [0, 0.1) is 5.82 Å². The Bertz CT molecular complexity index is 494. The maximum atomic E-state index is 13.9. The Balaban J connectivity index is 1.59. The smallest absolute Gasteiger partial charge is 0.248 e. The minimum absolute atomic E-state index is 0.0446. The van der Waals surface area contributed by atoms with E-state index in [1.54, 1.807) is 6.07 Å². The Morgan fingerprint density at radius 3 is 2.75 bits per heavy atom. The molecule has 1 saturated carbocycles. The van der Waals surface area contributed by atoms with Crippen molar-refractivity contribution in [2.75, 3.05) is 6.61 Å². The third-order valence-electron chi connectivity index (χ3n) is 4.16. The number of hydrogen-bond donors (Lipinski definition) is 1. The standard InChI is InChI=1S/C15H18F3NO/c16-13-7-10-3-6-20-14(10)8-11(13)9-19-12-1-4-15(17,18)5-2-12/h7-8,12,19H,1-6,9H2. The van der Waals surface area contributed by atoms with Gasteiger partial charge < -0.3 is 10.1 Å². The molecule has 0 saturated heterocycles. The zero-order chi connectivity index (χ0) is 14.2. The summed E-state index contributed by atoms with van der Waals surface area (Å²) in [6, 6.07) is 3.29. The molecule has 0 spiro atoms. The lowest BCUT2D eigenvalue weighted by Gasteiger charge is -2.29. The summed E-state index contributed by atoms with van der Waals surface area (Å²) in [4.78, 5) is 0. The molecule has 1 heterocycles. The molecule has 0 bridgehead atoms. The van der Waals surface area contributed by atoms with E-state index in [0.29, 0.717) is 31.6 Å². The van der Waals surface area contributed by atoms with Crippen LogP contribution in [0.4, 0.5) is 13.2 Å². The summed E-state index contributed by atoms with van der Waals surface area (Å²) in [5, 5.41) is 3.18. The second kappa shape index (κ2) is 5.28. The molecule has 1 aliphatic carbocycles. The van der Waals surface area contributed by atoms with Gasteiger partial charge in [0, 0.05) is 43.0 Å². The van der Waals surface area contributed by atoms with Crippen molar-refractivity contribution >= 4 is 0 Å². The van der Waals surface area contributed by atoms with Gasteiger partial charge in [0.15, 0.2) is 0 Å². The third kappa shape index (κ3) is 2.92. The Kier molecular flexibility index (Phi) is 3.63. The summed E-state index contributed by atoms with van der Waals surface area (Å²) in [5.74, 6) is -2.02. The van der Waals surface area contributed by atoms with Gasteiger partial charge in [-0.15, -0.1) is 0 Å². The van der Waals surface area contributed by atoms with Gasteiger partial charge in [0.1, 0.15) is 11.6 Å². The van der Waals surface area contributed by atoms with Crippen LogP contribution in [0.25, 0.3) is 0 Å². The van der Waals surface area contributed by atoms with Crippen molar-refractivity contribution < 1.29 is 17.9 Å². The monoisotopic (exact) mass is 285 g/mol. The molecule has 0 atom stereocenters. The quantitative estimate of drug-likeness (QED) is 0.918. The van der Waals surface area contributed by atoms with Gasteiger partial charge in [-0.25, -0.2) is 13.2 Å². The highest BCUT2D eigenvalue weighted by atomic mass is 19.3. The molecule has 0 radical (unpaired) electrons. The van der Waals surface area contributed by atoms with Crippen LogP contribution in [0.2, 0.25) is 0 Å². The van der Waals surface area contributed by atoms with Crippen LogP contribution in [-0.2, 0) is 13.0 Å². The molecule has 1 N–H and O–H groups in total. The van der Waals surface area contributed by atoms with E-state index in [1.165, 1.54) is 6.07 Å². The molecule has 0 amide bonds. The maximum Gasteiger partial charge on any atom is 0.248 e. The average molecular weight is 285 g/mol. The fraction of sp³-hybridized carbons (Fsp3) is 0.600. The van der Waals surface area contributed by atoms with E-state index >= 15 is 0 Å². The van der Waals surface area contributed by atoms with Crippen molar-refractivity contribution in [3.8, 4) is 5.75 Å². The van der Waals surface area contributed by atoms with Crippen molar-refractivity contribution in [3.63, 3.8) is 0 Å². The van der Waals surface area contributed by atoms with E-state index in [4.69, 9.17) is 4.74 Å². The van der Waals surface area contributed by atoms with E-state index in [0.717, 1.165) is 17.7 Å². The van der Waals surface area contributed by atoms with Gasteiger partial charge in [-0.3, -0.25) is 0 Å². The molecule has 1 aromatic carbocycles. The fourth-order valence-corrected chi connectivity index (χ4v) is 2.87. The first-order valence-electron chi connectivity index (χ1n) is 7.09. The second-order valence-electron chi connectivity index (χ2n) is 5.66. The Labute approximate surface area is 116 Å². The first-order chi connectivity index (χ1) is 9.53. The highest BCUT2D eigenvalue weighted by Gasteiger charge is 2.34. The van der Waals surface area contributed by atoms with Gasteiger partial charge in [-0.1, -0.05) is 0 Å². The summed E-state index contributed by atoms with van der Waals surface area (Å²) in [6.45, 7) is 0.960. The van der Waals surface area contributed by atoms with E-state index in [1.807, 2.05) is 0 Å². The van der Waals surface area contributed by atoms with E-state index in [-0.39, 0.29) is 24.7 Å². The predicted molar refractivity (Wildman–Crippen MR) is 69.6 cm³/mol. The fourth-order valence-electron chi connectivity index (χ4n) is 2.87. The lowest BCUT2D eigenvalue weighted by atomic mass is 9.92. The van der Waals surface area contributed by atoms with Gasteiger partial charge >= 0.3 is 0 Å². The highest BCUT2D eigenvalue weighted by Crippen LogP contribution is 2.33. The molecule has 1 fully saturated rings. The van der Waals surface area contributed by atoms with Gasteiger partial charge in [-0.05, 0) is 25.0 Å². The maximum absolute atomic E-state index is 13.9. The molecule has 1 aliphatic heterocycles. The van der Waals surface area contributed by atoms with Crippen LogP contribution >= 0.6 is 0 Å². The topological polar surface area (TPSA) is 21.3 Å². The number of nitrogens with one attached hydrogen (secondary N) is 1. The van der Waals surface area contributed by atoms with Gasteiger partial charge in [-0.2, -0.15) is 0 Å². The molecule has 1 aromatic rings. The molecule has 0 unspecified atom stereocenters. The first-order valence-corrected chi connectivity index (χ1v) is 7.09. The van der Waals surface area contributed by atoms with Crippen LogP contribution in [0.5, 0.6) is 5.75 Å². The number of benzene rings is 1. The van der Waals surface area contributed by atoms with Crippen molar-refractivity contribution in [2.24, 2.45) is 0 Å². The highest BCUT2D eigenvalue weighted by molar-refractivity contribution is 5.40. The van der Waals surface area contributed by atoms with Gasteiger partial charge in [0.05, 0.1) is 6.61 Å². The normalized spacial score (nSPS) is 21.6. The Morgan fingerprint density at radius 2 is 2.00 bits per heavy atom. The molecule has 2 aliphatic rings. The molecule has 20 heavy (non-hydrogen) atoms. The minimum atomic E-state index is -2.52. The van der Waals surface area contributed by atoms with E-state index < -0.39 is 5.92 Å². The van der Waals surface area contributed by atoms with Crippen LogP contribution in [-0.4, -0.2) is 18.6 Å². The van der Waals surface area contributed by atoms with Crippen molar-refractivity contribution in [1.82, 2.24) is 5.32 Å². The second-order valence-corrected chi connectivity index (χ2v) is 5.66. The van der Waals surface area contributed by atoms with Crippen LogP contribution in [0.15, 0.2) is 12.1 Å². The molecule has 110 valence electrons. The number of rotatable bonds is 3. The third-order valence-corrected chi connectivity index (χ3v) is 4.16. The van der Waals surface area contributed by atoms with E-state index in [9.17, 15) is 13.2 Å². The molecular weight excluding hydrogens is 267 g/mol. The molecule has 5 heteroatoms. The summed E-state index contributed by atoms with van der Waals surface area (Å²) in [7, 11) is 0. The molecule has 2 nitrogen and oxygen atoms in total. The number of hydrogen-bond acceptors (Lipinski definition) is 2. The summed E-state index contributed by atoms with van der Waals surface area (Å²) in [5.41, 5.74) is 1.45. The largest absolute Gasteiger partial charge is 0.493 e. The van der Waals surface area contributed by atoms with E-state index in [2.05, 4.69) is 5.32 Å². The number of fused-ring (bicyclic) bond motifs is 1. The van der Waals surface area contributed by atoms with Crippen LogP contribution < -0.4 is 10.1 Å². The van der Waals surface area contributed by atoms with Crippen molar-refractivity contribution in [1.29, 1.82) is 0 Å². The summed E-state index contributed by atoms with van der Waals surface area (Å²) < 4.78 is 45.4. The van der Waals surface area contributed by atoms with Gasteiger partial charge in [0.2, 0.25) is 5.92 Å². The minimum Gasteiger partial charge on any atom is -0.493 e. The lowest BCUT2D eigenvalue weighted by Crippen LogP contribution is -2.36. The molecule has 3 rings (SSSR count). The SMILES string of the molecule is Fc1cc2c(cc1CNC1CCC(F)(F)CC1)OCC2. The predicted octanol–water partition coefficient (Wildman–Crippen LogP) is 3.43. The van der Waals surface area contributed by atoms with Crippen molar-refractivity contribution in [2.45, 2.75) is 50.6 Å². The lowest BCUT2D eigenvalue weighted by molar-refractivity contribution is -0.0405. The average Bonchev–Trinajstić information content (AvgIpc) is 2.84. The molecular formula is C15H18F3NO. The zero-order valence-electron chi connectivity index (χ0n) is 11.2.